The van der Waals surface area contributed by atoms with E-state index in [2.05, 4.69) is 0 Å². The van der Waals surface area contributed by atoms with Crippen LogP contribution in [0.15, 0.2) is 24.3 Å². The second kappa shape index (κ2) is 5.54. The zero-order chi connectivity index (χ0) is 7.56. The van der Waals surface area contributed by atoms with Crippen LogP contribution in [0, 0.1) is 6.92 Å². The fourth-order valence-corrected chi connectivity index (χ4v) is 1.34. The van der Waals surface area contributed by atoms with Crippen molar-refractivity contribution < 1.29 is 60.8 Å². The number of benzene rings is 1. The molecule has 0 bridgehead atoms. The van der Waals surface area contributed by atoms with Crippen LogP contribution in [0.25, 0.3) is 0 Å². The summed E-state index contributed by atoms with van der Waals surface area (Å²) < 4.78 is 10.5. The van der Waals surface area contributed by atoms with Crippen molar-refractivity contribution in [3.63, 3.8) is 0 Å². The van der Waals surface area contributed by atoms with Gasteiger partial charge in [-0.25, -0.2) is 0 Å². The van der Waals surface area contributed by atoms with Crippen LogP contribution < -0.4 is 61.6 Å². The van der Waals surface area contributed by atoms with Crippen LogP contribution in [0.2, 0.25) is 0 Å². The maximum atomic E-state index is 10.5. The molecule has 1 unspecified atom stereocenters. The summed E-state index contributed by atoms with van der Waals surface area (Å²) in [6, 6.07) is 6.91. The Hall–Kier alpha value is 0.916. The topological polar surface area (TPSA) is 40.1 Å². The zero-order valence-corrected chi connectivity index (χ0v) is 10.6. The van der Waals surface area contributed by atoms with Gasteiger partial charge in [-0.2, -0.15) is 0 Å². The van der Waals surface area contributed by atoms with E-state index in [-0.39, 0.29) is 51.4 Å². The molecule has 4 heteroatoms. The number of rotatable bonds is 1. The van der Waals surface area contributed by atoms with Gasteiger partial charge in [0.1, 0.15) is 0 Å². The summed E-state index contributed by atoms with van der Waals surface area (Å²) in [4.78, 5) is 10.5. The van der Waals surface area contributed by atoms with Gasteiger partial charge >= 0.3 is 59.4 Å². The zero-order valence-electron chi connectivity index (χ0n) is 6.57. The third kappa shape index (κ3) is 3.43. The third-order valence-corrected chi connectivity index (χ3v) is 2.21. The Bertz CT molecular complexity index is 262. The molecule has 11 heavy (non-hydrogen) atoms. The van der Waals surface area contributed by atoms with Crippen molar-refractivity contribution in [1.29, 1.82) is 0 Å². The van der Waals surface area contributed by atoms with Crippen LogP contribution in [0.5, 0.6) is 0 Å². The summed E-state index contributed by atoms with van der Waals surface area (Å²) in [5.41, 5.74) is 0.804. The van der Waals surface area contributed by atoms with Gasteiger partial charge in [-0.3, -0.25) is 0 Å². The fraction of sp³-hybridized carbons (Fsp3) is 0.143. The van der Waals surface area contributed by atoms with Gasteiger partial charge in [-0.1, -0.05) is 22.8 Å². The predicted molar refractivity (Wildman–Crippen MR) is 38.4 cm³/mol. The molecule has 0 saturated heterocycles. The monoisotopic (exact) mass is 193 g/mol. The average Bonchev–Trinajstić information content (AvgIpc) is 1.88. The SMILES string of the molecule is Cc1ccccc1[P+](=O)[O-].[K+]. The molecule has 0 spiro atoms. The Morgan fingerprint density at radius 3 is 2.27 bits per heavy atom. The summed E-state index contributed by atoms with van der Waals surface area (Å²) in [6.45, 7) is 1.78. The molecule has 0 aliphatic rings. The van der Waals surface area contributed by atoms with Crippen molar-refractivity contribution >= 4 is 13.3 Å². The van der Waals surface area contributed by atoms with Gasteiger partial charge in [-0.05, 0) is 13.0 Å². The fourth-order valence-electron chi connectivity index (χ4n) is 0.768. The maximum Gasteiger partial charge on any atom is 1.00 e. The molecule has 0 saturated carbocycles. The number of aryl methyl sites for hydroxylation is 1. The van der Waals surface area contributed by atoms with Crippen LogP contribution in [0.3, 0.4) is 0 Å². The van der Waals surface area contributed by atoms with Crippen LogP contribution in [0.1, 0.15) is 5.56 Å². The van der Waals surface area contributed by atoms with Gasteiger partial charge in [0, 0.05) is 5.56 Å². The van der Waals surface area contributed by atoms with E-state index < -0.39 is 8.03 Å². The van der Waals surface area contributed by atoms with Gasteiger partial charge in [0.15, 0.2) is 5.30 Å². The van der Waals surface area contributed by atoms with Crippen LogP contribution in [-0.4, -0.2) is 0 Å². The van der Waals surface area contributed by atoms with Crippen LogP contribution in [-0.2, 0) is 4.57 Å². The summed E-state index contributed by atoms with van der Waals surface area (Å²) in [7, 11) is -2.42. The van der Waals surface area contributed by atoms with E-state index in [0.29, 0.717) is 5.30 Å². The molecule has 0 fully saturated rings. The Balaban J connectivity index is 0.000001000. The minimum Gasteiger partial charge on any atom is -0.591 e. The van der Waals surface area contributed by atoms with Gasteiger partial charge in [-0.15, -0.1) is 0 Å². The van der Waals surface area contributed by atoms with Gasteiger partial charge in [0.2, 0.25) is 0 Å². The Kier molecular flexibility index (Phi) is 6.00. The van der Waals surface area contributed by atoms with E-state index in [0.717, 1.165) is 5.56 Å². The summed E-state index contributed by atoms with van der Waals surface area (Å²) >= 11 is 0. The molecule has 1 atom stereocenters. The molecule has 0 N–H and O–H groups in total. The van der Waals surface area contributed by atoms with Crippen molar-refractivity contribution in [2.75, 3.05) is 0 Å². The first-order valence-electron chi connectivity index (χ1n) is 2.92. The van der Waals surface area contributed by atoms with E-state index in [1.54, 1.807) is 25.1 Å². The molecule has 1 rings (SSSR count). The number of hydrogen-bond acceptors (Lipinski definition) is 2. The van der Waals surface area contributed by atoms with Crippen LogP contribution >= 0.6 is 8.03 Å². The van der Waals surface area contributed by atoms with E-state index in [1.807, 2.05) is 6.07 Å². The first-order chi connectivity index (χ1) is 4.72. The molecule has 0 radical (unpaired) electrons. The van der Waals surface area contributed by atoms with Crippen LogP contribution in [0.4, 0.5) is 0 Å². The molecule has 0 amide bonds. The largest absolute Gasteiger partial charge is 1.00 e. The Morgan fingerprint density at radius 2 is 1.91 bits per heavy atom. The van der Waals surface area contributed by atoms with E-state index in [9.17, 15) is 9.46 Å². The molecular weight excluding hydrogens is 186 g/mol. The summed E-state index contributed by atoms with van der Waals surface area (Å²) in [6.07, 6.45) is 0. The summed E-state index contributed by atoms with van der Waals surface area (Å²) in [5.74, 6) is 0. The van der Waals surface area contributed by atoms with Crippen molar-refractivity contribution in [1.82, 2.24) is 0 Å². The molecule has 2 nitrogen and oxygen atoms in total. The quantitative estimate of drug-likeness (QED) is 0.372. The second-order valence-electron chi connectivity index (χ2n) is 2.04. The molecule has 0 heterocycles. The normalized spacial score (nSPS) is 10.2. The average molecular weight is 193 g/mol. The molecule has 0 aliphatic carbocycles. The number of hydrogen-bond donors (Lipinski definition) is 0. The second-order valence-corrected chi connectivity index (χ2v) is 3.04. The molecule has 0 aliphatic heterocycles. The van der Waals surface area contributed by atoms with Gasteiger partial charge in [0.05, 0.1) is 0 Å². The first-order valence-corrected chi connectivity index (χ1v) is 4.09. The van der Waals surface area contributed by atoms with E-state index in [1.165, 1.54) is 0 Å². The smallest absolute Gasteiger partial charge is 0.591 e. The van der Waals surface area contributed by atoms with Crippen molar-refractivity contribution in [2.45, 2.75) is 6.92 Å². The van der Waals surface area contributed by atoms with Crippen molar-refractivity contribution in [3.8, 4) is 0 Å². The maximum absolute atomic E-state index is 10.5. The van der Waals surface area contributed by atoms with Gasteiger partial charge in [0.25, 0.3) is 0 Å². The molecule has 1 aromatic rings. The van der Waals surface area contributed by atoms with Crippen molar-refractivity contribution in [2.24, 2.45) is 0 Å². The third-order valence-electron chi connectivity index (χ3n) is 1.31. The van der Waals surface area contributed by atoms with Gasteiger partial charge < -0.3 is 4.89 Å². The van der Waals surface area contributed by atoms with E-state index in [4.69, 9.17) is 0 Å². The predicted octanol–water partition coefficient (Wildman–Crippen LogP) is -2.27. The standard InChI is InChI=1S/C7H7O2P.K/c1-6-4-2-3-5-7(6)10(8)9;/h2-5H,1H3;/q;+1. The Labute approximate surface area is 109 Å². The first kappa shape index (κ1) is 11.9. The molecule has 0 aromatic heterocycles. The van der Waals surface area contributed by atoms with E-state index >= 15 is 0 Å². The Morgan fingerprint density at radius 1 is 1.36 bits per heavy atom. The molecular formula is C7H7KO2P+. The molecule has 1 aromatic carbocycles. The van der Waals surface area contributed by atoms with Crippen molar-refractivity contribution in [3.05, 3.63) is 29.8 Å². The minimum atomic E-state index is -2.42. The minimum absolute atomic E-state index is 0. The molecule has 52 valence electrons. The summed E-state index contributed by atoms with van der Waals surface area (Å²) in [5, 5.41) is 0.414.